The van der Waals surface area contributed by atoms with E-state index in [0.29, 0.717) is 13.0 Å². The molecule has 1 aromatic carbocycles. The zero-order chi connectivity index (χ0) is 25.9. The van der Waals surface area contributed by atoms with Gasteiger partial charge in [-0.25, -0.2) is 4.98 Å². The van der Waals surface area contributed by atoms with Crippen LogP contribution in [0.3, 0.4) is 0 Å². The van der Waals surface area contributed by atoms with Crippen LogP contribution in [0.1, 0.15) is 71.7 Å². The standard InChI is InChI=1S/C27H38N4O3S/c1-16(2)24(32)30-23(27(5,6)7)26(34)31-14-8-9-21(31)25(33)29-17(3)19-10-12-20(13-11-19)22-18(4)28-15-35-22/h10-13,15-17,21,23H,8-9,14H2,1-7H3,(H,29,33)(H,30,32)/t17?,21-,23?/m0/s1. The molecule has 7 nitrogen and oxygen atoms in total. The highest BCUT2D eigenvalue weighted by atomic mass is 32.1. The number of hydrogen-bond acceptors (Lipinski definition) is 5. The van der Waals surface area contributed by atoms with E-state index in [1.165, 1.54) is 0 Å². The number of aryl methyl sites for hydroxylation is 1. The van der Waals surface area contributed by atoms with E-state index in [4.69, 9.17) is 0 Å². The molecule has 1 aliphatic heterocycles. The SMILES string of the molecule is Cc1ncsc1-c1ccc(C(C)NC(=O)[C@@H]2CCCN2C(=O)C(NC(=O)C(C)C)C(C)(C)C)cc1. The van der Waals surface area contributed by atoms with Crippen LogP contribution in [0, 0.1) is 18.3 Å². The maximum absolute atomic E-state index is 13.5. The molecule has 3 atom stereocenters. The van der Waals surface area contributed by atoms with Crippen LogP contribution in [0.2, 0.25) is 0 Å². The number of amides is 3. The van der Waals surface area contributed by atoms with Crippen molar-refractivity contribution in [3.8, 4) is 10.4 Å². The lowest BCUT2D eigenvalue weighted by molar-refractivity contribution is -0.144. The average molecular weight is 499 g/mol. The van der Waals surface area contributed by atoms with Crippen LogP contribution < -0.4 is 10.6 Å². The molecule has 0 saturated carbocycles. The first-order valence-electron chi connectivity index (χ1n) is 12.3. The Labute approximate surface area is 212 Å². The summed E-state index contributed by atoms with van der Waals surface area (Å²) in [4.78, 5) is 46.3. The van der Waals surface area contributed by atoms with Gasteiger partial charge in [0, 0.05) is 12.5 Å². The molecule has 2 aromatic rings. The maximum atomic E-state index is 13.5. The van der Waals surface area contributed by atoms with Crippen LogP contribution in [0.5, 0.6) is 0 Å². The molecule has 1 saturated heterocycles. The molecule has 2 heterocycles. The Bertz CT molecular complexity index is 1060. The van der Waals surface area contributed by atoms with E-state index in [2.05, 4.69) is 27.8 Å². The fourth-order valence-corrected chi connectivity index (χ4v) is 5.13. The number of aromatic nitrogens is 1. The molecule has 0 spiro atoms. The maximum Gasteiger partial charge on any atom is 0.246 e. The van der Waals surface area contributed by atoms with Crippen molar-refractivity contribution in [2.75, 3.05) is 6.54 Å². The molecule has 3 amide bonds. The van der Waals surface area contributed by atoms with Crippen LogP contribution in [0.15, 0.2) is 29.8 Å². The van der Waals surface area contributed by atoms with E-state index in [1.54, 1.807) is 30.1 Å². The second-order valence-corrected chi connectivity index (χ2v) is 11.6. The van der Waals surface area contributed by atoms with Gasteiger partial charge in [-0.15, -0.1) is 11.3 Å². The summed E-state index contributed by atoms with van der Waals surface area (Å²) in [5, 5.41) is 6.01. The van der Waals surface area contributed by atoms with Gasteiger partial charge in [0.15, 0.2) is 0 Å². The van der Waals surface area contributed by atoms with Gasteiger partial charge in [0.25, 0.3) is 0 Å². The second-order valence-electron chi connectivity index (χ2n) is 10.8. The number of carbonyl (C=O) groups excluding carboxylic acids is 3. The summed E-state index contributed by atoms with van der Waals surface area (Å²) in [6.07, 6.45) is 1.37. The number of carbonyl (C=O) groups is 3. The summed E-state index contributed by atoms with van der Waals surface area (Å²) >= 11 is 1.61. The smallest absolute Gasteiger partial charge is 0.246 e. The molecule has 2 unspecified atom stereocenters. The molecule has 1 aromatic heterocycles. The second kappa shape index (κ2) is 10.9. The van der Waals surface area contributed by atoms with Crippen LogP contribution in [0.25, 0.3) is 10.4 Å². The number of likely N-dealkylation sites (tertiary alicyclic amines) is 1. The molecule has 8 heteroatoms. The third-order valence-electron chi connectivity index (χ3n) is 6.54. The molecule has 0 bridgehead atoms. The molecule has 0 radical (unpaired) electrons. The van der Waals surface area contributed by atoms with Crippen LogP contribution in [-0.2, 0) is 14.4 Å². The number of nitrogens with one attached hydrogen (secondary N) is 2. The fourth-order valence-electron chi connectivity index (χ4n) is 4.32. The molecular weight excluding hydrogens is 460 g/mol. The van der Waals surface area contributed by atoms with Crippen molar-refractivity contribution in [1.29, 1.82) is 0 Å². The lowest BCUT2D eigenvalue weighted by Gasteiger charge is -2.36. The summed E-state index contributed by atoms with van der Waals surface area (Å²) in [6.45, 7) is 13.9. The molecule has 2 N–H and O–H groups in total. The van der Waals surface area contributed by atoms with E-state index < -0.39 is 17.5 Å². The number of hydrogen-bond donors (Lipinski definition) is 2. The largest absolute Gasteiger partial charge is 0.348 e. The van der Waals surface area contributed by atoms with Gasteiger partial charge in [0.05, 0.1) is 22.1 Å². The first-order valence-corrected chi connectivity index (χ1v) is 13.2. The predicted octanol–water partition coefficient (Wildman–Crippen LogP) is 4.47. The van der Waals surface area contributed by atoms with E-state index in [-0.39, 0.29) is 29.7 Å². The van der Waals surface area contributed by atoms with E-state index in [1.807, 2.05) is 52.3 Å². The topological polar surface area (TPSA) is 91.4 Å². The van der Waals surface area contributed by atoms with Gasteiger partial charge in [0.1, 0.15) is 12.1 Å². The highest BCUT2D eigenvalue weighted by Crippen LogP contribution is 2.29. The van der Waals surface area contributed by atoms with E-state index in [0.717, 1.165) is 28.1 Å². The van der Waals surface area contributed by atoms with Crippen molar-refractivity contribution in [1.82, 2.24) is 20.5 Å². The van der Waals surface area contributed by atoms with Crippen molar-refractivity contribution in [2.24, 2.45) is 11.3 Å². The minimum absolute atomic E-state index is 0.159. The summed E-state index contributed by atoms with van der Waals surface area (Å²) in [7, 11) is 0. The number of benzene rings is 1. The van der Waals surface area contributed by atoms with Gasteiger partial charge in [-0.05, 0) is 43.2 Å². The van der Waals surface area contributed by atoms with Gasteiger partial charge < -0.3 is 15.5 Å². The summed E-state index contributed by atoms with van der Waals surface area (Å²) in [5.74, 6) is -0.740. The Morgan fingerprint density at radius 3 is 2.29 bits per heavy atom. The molecule has 0 aliphatic carbocycles. The molecule has 190 valence electrons. The summed E-state index contributed by atoms with van der Waals surface area (Å²) in [5.41, 5.74) is 4.48. The van der Waals surface area contributed by atoms with E-state index in [9.17, 15) is 14.4 Å². The fraction of sp³-hybridized carbons (Fsp3) is 0.556. The van der Waals surface area contributed by atoms with Gasteiger partial charge in [-0.2, -0.15) is 0 Å². The Morgan fingerprint density at radius 2 is 1.74 bits per heavy atom. The highest BCUT2D eigenvalue weighted by molar-refractivity contribution is 7.13. The average Bonchev–Trinajstić information content (AvgIpc) is 3.45. The van der Waals surface area contributed by atoms with Crippen molar-refractivity contribution in [3.63, 3.8) is 0 Å². The Hall–Kier alpha value is -2.74. The number of rotatable bonds is 7. The zero-order valence-electron chi connectivity index (χ0n) is 21.8. The third-order valence-corrected chi connectivity index (χ3v) is 7.52. The third kappa shape index (κ3) is 6.28. The normalized spacial score (nSPS) is 17.8. The minimum atomic E-state index is -0.689. The zero-order valence-corrected chi connectivity index (χ0v) is 22.7. The Morgan fingerprint density at radius 1 is 1.09 bits per heavy atom. The lowest BCUT2D eigenvalue weighted by atomic mass is 9.85. The van der Waals surface area contributed by atoms with Crippen molar-refractivity contribution in [2.45, 2.75) is 79.4 Å². The van der Waals surface area contributed by atoms with Crippen LogP contribution in [-0.4, -0.2) is 46.2 Å². The monoisotopic (exact) mass is 498 g/mol. The molecule has 3 rings (SSSR count). The number of thiazole rings is 1. The predicted molar refractivity (Wildman–Crippen MR) is 140 cm³/mol. The van der Waals surface area contributed by atoms with Crippen molar-refractivity contribution in [3.05, 3.63) is 41.0 Å². The molecule has 35 heavy (non-hydrogen) atoms. The van der Waals surface area contributed by atoms with Crippen LogP contribution >= 0.6 is 11.3 Å². The highest BCUT2D eigenvalue weighted by Gasteiger charge is 2.42. The lowest BCUT2D eigenvalue weighted by Crippen LogP contribution is -2.58. The van der Waals surface area contributed by atoms with Gasteiger partial charge in [0.2, 0.25) is 17.7 Å². The molecular formula is C27H38N4O3S. The Balaban J connectivity index is 1.69. The minimum Gasteiger partial charge on any atom is -0.348 e. The molecule has 1 aliphatic rings. The molecule has 1 fully saturated rings. The van der Waals surface area contributed by atoms with Crippen molar-refractivity contribution < 1.29 is 14.4 Å². The first kappa shape index (κ1) is 26.9. The van der Waals surface area contributed by atoms with Crippen LogP contribution in [0.4, 0.5) is 0 Å². The summed E-state index contributed by atoms with van der Waals surface area (Å²) < 4.78 is 0. The van der Waals surface area contributed by atoms with E-state index >= 15 is 0 Å². The Kier molecular flexibility index (Phi) is 8.36. The van der Waals surface area contributed by atoms with Crippen molar-refractivity contribution >= 4 is 29.1 Å². The van der Waals surface area contributed by atoms with Gasteiger partial charge in [-0.3, -0.25) is 14.4 Å². The quantitative estimate of drug-likeness (QED) is 0.589. The number of nitrogens with zero attached hydrogens (tertiary/aromatic N) is 2. The first-order chi connectivity index (χ1) is 16.4. The van der Waals surface area contributed by atoms with Gasteiger partial charge in [-0.1, -0.05) is 58.9 Å². The van der Waals surface area contributed by atoms with Gasteiger partial charge >= 0.3 is 0 Å². The summed E-state index contributed by atoms with van der Waals surface area (Å²) in [6, 6.07) is 6.72.